The second-order valence-electron chi connectivity index (χ2n) is 4.12. The molecule has 0 aliphatic heterocycles. The maximum absolute atomic E-state index is 5.95. The lowest BCUT2D eigenvalue weighted by Gasteiger charge is -2.09. The van der Waals surface area contributed by atoms with Crippen LogP contribution in [0, 0.1) is 13.8 Å². The van der Waals surface area contributed by atoms with E-state index < -0.39 is 0 Å². The van der Waals surface area contributed by atoms with E-state index in [4.69, 9.17) is 4.74 Å². The highest BCUT2D eigenvalue weighted by Gasteiger charge is 2.13. The van der Waals surface area contributed by atoms with Crippen molar-refractivity contribution in [2.45, 2.75) is 19.2 Å². The van der Waals surface area contributed by atoms with Crippen LogP contribution in [0.2, 0.25) is 0 Å². The fraction of sp³-hybridized carbons (Fsp3) is 0.308. The molecule has 0 aliphatic carbocycles. The number of ether oxygens (including phenoxy) is 1. The number of hydrogen-bond donors (Lipinski definition) is 0. The molecular formula is C13H14Br2N2O. The summed E-state index contributed by atoms with van der Waals surface area (Å²) in [5, 5.41) is 5.17. The van der Waals surface area contributed by atoms with Crippen LogP contribution in [0.25, 0.3) is 0 Å². The number of rotatable bonds is 3. The van der Waals surface area contributed by atoms with Gasteiger partial charge in [0.2, 0.25) is 0 Å². The Kier molecular flexibility index (Phi) is 4.12. The molecule has 0 aliphatic rings. The number of benzene rings is 1. The summed E-state index contributed by atoms with van der Waals surface area (Å²) in [5.74, 6) is 1.63. The van der Waals surface area contributed by atoms with Crippen molar-refractivity contribution in [3.05, 3.63) is 39.6 Å². The van der Waals surface area contributed by atoms with E-state index in [2.05, 4.69) is 37.0 Å². The highest BCUT2D eigenvalue weighted by Crippen LogP contribution is 2.33. The van der Waals surface area contributed by atoms with Gasteiger partial charge in [0.1, 0.15) is 11.4 Å². The summed E-state index contributed by atoms with van der Waals surface area (Å²) in [5.41, 5.74) is 3.12. The molecule has 0 saturated carbocycles. The number of nitrogens with zero attached hydrogens (tertiary/aromatic N) is 2. The zero-order valence-electron chi connectivity index (χ0n) is 10.5. The Labute approximate surface area is 123 Å². The summed E-state index contributed by atoms with van der Waals surface area (Å²) in [6.07, 6.45) is 0. The minimum atomic E-state index is 0.805. The summed E-state index contributed by atoms with van der Waals surface area (Å²) < 4.78 is 8.72. The summed E-state index contributed by atoms with van der Waals surface area (Å²) in [6.45, 7) is 3.94. The minimum absolute atomic E-state index is 0.805. The number of aryl methyl sites for hydroxylation is 2. The lowest BCUT2D eigenvalue weighted by atomic mass is 10.2. The fourth-order valence-corrected chi connectivity index (χ4v) is 2.58. The normalized spacial score (nSPS) is 10.7. The molecule has 18 heavy (non-hydrogen) atoms. The van der Waals surface area contributed by atoms with E-state index in [9.17, 15) is 0 Å². The van der Waals surface area contributed by atoms with Gasteiger partial charge in [0, 0.05) is 12.4 Å². The van der Waals surface area contributed by atoms with Crippen LogP contribution in [0.15, 0.2) is 22.7 Å². The van der Waals surface area contributed by atoms with Crippen LogP contribution in [0.5, 0.6) is 11.5 Å². The predicted octanol–water partition coefficient (Wildman–Crippen LogP) is 4.49. The van der Waals surface area contributed by atoms with Gasteiger partial charge in [-0.1, -0.05) is 22.0 Å². The second kappa shape index (κ2) is 5.45. The summed E-state index contributed by atoms with van der Waals surface area (Å²) in [6, 6.07) is 6.05. The molecule has 0 unspecified atom stereocenters. The maximum atomic E-state index is 5.95. The molecule has 0 amide bonds. The van der Waals surface area contributed by atoms with Crippen molar-refractivity contribution in [2.75, 3.05) is 0 Å². The van der Waals surface area contributed by atoms with Crippen LogP contribution in [0.1, 0.15) is 17.0 Å². The van der Waals surface area contributed by atoms with Crippen molar-refractivity contribution in [2.24, 2.45) is 7.05 Å². The maximum Gasteiger partial charge on any atom is 0.171 e. The molecule has 1 heterocycles. The molecule has 2 rings (SSSR count). The molecular weight excluding hydrogens is 360 g/mol. The molecule has 1 aromatic carbocycles. The van der Waals surface area contributed by atoms with Gasteiger partial charge in [-0.3, -0.25) is 4.68 Å². The molecule has 5 heteroatoms. The Morgan fingerprint density at radius 2 is 2.06 bits per heavy atom. The number of aromatic nitrogens is 2. The van der Waals surface area contributed by atoms with Gasteiger partial charge in [-0.25, -0.2) is 0 Å². The zero-order chi connectivity index (χ0) is 13.3. The topological polar surface area (TPSA) is 27.1 Å². The average molecular weight is 374 g/mol. The Bertz CT molecular complexity index is 579. The summed E-state index contributed by atoms with van der Waals surface area (Å²) >= 11 is 6.96. The lowest BCUT2D eigenvalue weighted by molar-refractivity contribution is 0.471. The van der Waals surface area contributed by atoms with E-state index in [0.717, 1.165) is 32.7 Å². The average Bonchev–Trinajstić information content (AvgIpc) is 2.58. The Hall–Kier alpha value is -0.810. The monoisotopic (exact) mass is 372 g/mol. The van der Waals surface area contributed by atoms with E-state index in [1.54, 1.807) is 0 Å². The molecule has 3 nitrogen and oxygen atoms in total. The minimum Gasteiger partial charge on any atom is -0.452 e. The Morgan fingerprint density at radius 1 is 1.33 bits per heavy atom. The molecule has 0 saturated heterocycles. The van der Waals surface area contributed by atoms with Crippen molar-refractivity contribution < 1.29 is 4.74 Å². The third kappa shape index (κ3) is 2.62. The van der Waals surface area contributed by atoms with Gasteiger partial charge in [-0.15, -0.1) is 0 Å². The van der Waals surface area contributed by atoms with Crippen molar-refractivity contribution in [3.63, 3.8) is 0 Å². The van der Waals surface area contributed by atoms with Crippen LogP contribution in [-0.2, 0) is 12.4 Å². The number of halogens is 2. The highest BCUT2D eigenvalue weighted by molar-refractivity contribution is 9.10. The van der Waals surface area contributed by atoms with Crippen LogP contribution >= 0.6 is 31.9 Å². The van der Waals surface area contributed by atoms with Crippen molar-refractivity contribution in [1.82, 2.24) is 9.78 Å². The van der Waals surface area contributed by atoms with Crippen LogP contribution < -0.4 is 4.74 Å². The molecule has 0 N–H and O–H groups in total. The SMILES string of the molecule is Cc1nn(C)c(C)c1Oc1ccc(CBr)cc1Br. The summed E-state index contributed by atoms with van der Waals surface area (Å²) in [7, 11) is 1.91. The third-order valence-electron chi connectivity index (χ3n) is 2.81. The largest absolute Gasteiger partial charge is 0.452 e. The van der Waals surface area contributed by atoms with Gasteiger partial charge in [0.25, 0.3) is 0 Å². The zero-order valence-corrected chi connectivity index (χ0v) is 13.7. The van der Waals surface area contributed by atoms with Crippen molar-refractivity contribution in [1.29, 1.82) is 0 Å². The fourth-order valence-electron chi connectivity index (χ4n) is 1.72. The molecule has 0 bridgehead atoms. The molecule has 0 atom stereocenters. The van der Waals surface area contributed by atoms with Crippen molar-refractivity contribution in [3.8, 4) is 11.5 Å². The van der Waals surface area contributed by atoms with Gasteiger partial charge in [0.05, 0.1) is 10.2 Å². The highest BCUT2D eigenvalue weighted by atomic mass is 79.9. The standard InChI is InChI=1S/C13H14Br2N2O/c1-8-13(9(2)17(3)16-8)18-12-5-4-10(7-14)6-11(12)15/h4-6H,7H2,1-3H3. The van der Waals surface area contributed by atoms with Gasteiger partial charge < -0.3 is 4.74 Å². The van der Waals surface area contributed by atoms with E-state index in [0.29, 0.717) is 0 Å². The Balaban J connectivity index is 2.34. The van der Waals surface area contributed by atoms with Crippen molar-refractivity contribution >= 4 is 31.9 Å². The lowest BCUT2D eigenvalue weighted by Crippen LogP contribution is -1.93. The van der Waals surface area contributed by atoms with Gasteiger partial charge in [0.15, 0.2) is 5.75 Å². The molecule has 1 aromatic heterocycles. The van der Waals surface area contributed by atoms with E-state index in [1.807, 2.05) is 43.8 Å². The second-order valence-corrected chi connectivity index (χ2v) is 5.54. The van der Waals surface area contributed by atoms with Crippen LogP contribution in [0.3, 0.4) is 0 Å². The van der Waals surface area contributed by atoms with E-state index in [-0.39, 0.29) is 0 Å². The third-order valence-corrected chi connectivity index (χ3v) is 4.07. The molecule has 0 radical (unpaired) electrons. The number of hydrogen-bond acceptors (Lipinski definition) is 2. The first-order valence-corrected chi connectivity index (χ1v) is 7.46. The first-order valence-electron chi connectivity index (χ1n) is 5.55. The van der Waals surface area contributed by atoms with Crippen LogP contribution in [0.4, 0.5) is 0 Å². The molecule has 2 aromatic rings. The first kappa shape index (κ1) is 13.6. The van der Waals surface area contributed by atoms with Gasteiger partial charge >= 0.3 is 0 Å². The Morgan fingerprint density at radius 3 is 2.56 bits per heavy atom. The van der Waals surface area contributed by atoms with Crippen LogP contribution in [-0.4, -0.2) is 9.78 Å². The predicted molar refractivity (Wildman–Crippen MR) is 79.5 cm³/mol. The number of alkyl halides is 1. The molecule has 96 valence electrons. The van der Waals surface area contributed by atoms with E-state index >= 15 is 0 Å². The first-order chi connectivity index (χ1) is 8.52. The molecule has 0 spiro atoms. The smallest absolute Gasteiger partial charge is 0.171 e. The van der Waals surface area contributed by atoms with Gasteiger partial charge in [-0.2, -0.15) is 5.10 Å². The van der Waals surface area contributed by atoms with E-state index in [1.165, 1.54) is 5.56 Å². The van der Waals surface area contributed by atoms with Gasteiger partial charge in [-0.05, 0) is 47.5 Å². The quantitative estimate of drug-likeness (QED) is 0.741. The molecule has 0 fully saturated rings. The summed E-state index contributed by atoms with van der Waals surface area (Å²) in [4.78, 5) is 0.